The normalized spacial score (nSPS) is 10.1. The van der Waals surface area contributed by atoms with Gasteiger partial charge in [-0.05, 0) is 30.3 Å². The standard InChI is InChI=1S/C13H10ClFN2O/c14-8-3-1-4-9(7-8)18-11-6-2-5-10(15)12(11)13(16)17/h1-7H,(H3,16,17). The van der Waals surface area contributed by atoms with E-state index in [9.17, 15) is 4.39 Å². The summed E-state index contributed by atoms with van der Waals surface area (Å²) >= 11 is 5.82. The van der Waals surface area contributed by atoms with Crippen LogP contribution >= 0.6 is 11.6 Å². The van der Waals surface area contributed by atoms with Gasteiger partial charge in [0.1, 0.15) is 23.2 Å². The number of nitrogens with two attached hydrogens (primary N) is 1. The van der Waals surface area contributed by atoms with E-state index in [1.54, 1.807) is 30.3 Å². The highest BCUT2D eigenvalue weighted by molar-refractivity contribution is 6.30. The molecule has 0 fully saturated rings. The van der Waals surface area contributed by atoms with E-state index in [-0.39, 0.29) is 17.1 Å². The van der Waals surface area contributed by atoms with Crippen LogP contribution in [0, 0.1) is 11.2 Å². The number of hydrogen-bond acceptors (Lipinski definition) is 2. The second-order valence-corrected chi connectivity index (χ2v) is 4.02. The van der Waals surface area contributed by atoms with Crippen LogP contribution in [0.3, 0.4) is 0 Å². The fourth-order valence-electron chi connectivity index (χ4n) is 1.51. The second-order valence-electron chi connectivity index (χ2n) is 3.59. The van der Waals surface area contributed by atoms with E-state index in [2.05, 4.69) is 0 Å². The molecular formula is C13H10ClFN2O. The van der Waals surface area contributed by atoms with Gasteiger partial charge in [-0.25, -0.2) is 4.39 Å². The van der Waals surface area contributed by atoms with Gasteiger partial charge in [0.25, 0.3) is 0 Å². The van der Waals surface area contributed by atoms with Gasteiger partial charge in [0.05, 0.1) is 5.56 Å². The van der Waals surface area contributed by atoms with Crippen LogP contribution in [0.5, 0.6) is 11.5 Å². The zero-order valence-electron chi connectivity index (χ0n) is 9.28. The van der Waals surface area contributed by atoms with Crippen molar-refractivity contribution in [2.75, 3.05) is 0 Å². The average molecular weight is 265 g/mol. The molecule has 92 valence electrons. The van der Waals surface area contributed by atoms with E-state index in [0.717, 1.165) is 0 Å². The van der Waals surface area contributed by atoms with Crippen molar-refractivity contribution in [3.8, 4) is 11.5 Å². The SMILES string of the molecule is N=C(N)c1c(F)cccc1Oc1cccc(Cl)c1. The van der Waals surface area contributed by atoms with Gasteiger partial charge in [-0.2, -0.15) is 0 Å². The minimum atomic E-state index is -0.595. The van der Waals surface area contributed by atoms with E-state index < -0.39 is 5.82 Å². The van der Waals surface area contributed by atoms with Crippen LogP contribution < -0.4 is 10.5 Å². The topological polar surface area (TPSA) is 59.1 Å². The summed E-state index contributed by atoms with van der Waals surface area (Å²) in [4.78, 5) is 0. The summed E-state index contributed by atoms with van der Waals surface area (Å²) in [5, 5.41) is 7.86. The van der Waals surface area contributed by atoms with Gasteiger partial charge in [-0.1, -0.05) is 23.7 Å². The summed E-state index contributed by atoms with van der Waals surface area (Å²) < 4.78 is 19.0. The van der Waals surface area contributed by atoms with Crippen molar-refractivity contribution in [2.24, 2.45) is 5.73 Å². The molecule has 0 aromatic heterocycles. The largest absolute Gasteiger partial charge is 0.456 e. The molecule has 0 radical (unpaired) electrons. The maximum Gasteiger partial charge on any atom is 0.141 e. The van der Waals surface area contributed by atoms with E-state index in [4.69, 9.17) is 27.5 Å². The van der Waals surface area contributed by atoms with Crippen LogP contribution in [0.2, 0.25) is 5.02 Å². The van der Waals surface area contributed by atoms with Crippen molar-refractivity contribution in [3.63, 3.8) is 0 Å². The van der Waals surface area contributed by atoms with Crippen molar-refractivity contribution in [3.05, 3.63) is 58.9 Å². The molecule has 0 aliphatic heterocycles. The zero-order valence-corrected chi connectivity index (χ0v) is 10.0. The molecule has 0 spiro atoms. The van der Waals surface area contributed by atoms with Crippen molar-refractivity contribution >= 4 is 17.4 Å². The molecule has 0 aliphatic carbocycles. The Bertz CT molecular complexity index is 601. The first-order valence-corrected chi connectivity index (χ1v) is 5.52. The molecule has 2 rings (SSSR count). The molecule has 0 amide bonds. The first-order chi connectivity index (χ1) is 8.58. The molecule has 0 aliphatic rings. The Kier molecular flexibility index (Phi) is 3.48. The van der Waals surface area contributed by atoms with Crippen LogP contribution in [0.1, 0.15) is 5.56 Å². The van der Waals surface area contributed by atoms with E-state index in [0.29, 0.717) is 10.8 Å². The number of amidine groups is 1. The molecule has 2 aromatic carbocycles. The Morgan fingerprint density at radius 3 is 2.61 bits per heavy atom. The quantitative estimate of drug-likeness (QED) is 0.658. The van der Waals surface area contributed by atoms with Crippen molar-refractivity contribution in [2.45, 2.75) is 0 Å². The third kappa shape index (κ3) is 2.60. The smallest absolute Gasteiger partial charge is 0.141 e. The number of nitrogen functional groups attached to an aromatic ring is 1. The van der Waals surface area contributed by atoms with Gasteiger partial charge in [-0.3, -0.25) is 5.41 Å². The number of rotatable bonds is 3. The van der Waals surface area contributed by atoms with E-state index >= 15 is 0 Å². The summed E-state index contributed by atoms with van der Waals surface area (Å²) in [6, 6.07) is 10.9. The third-order valence-electron chi connectivity index (χ3n) is 2.27. The van der Waals surface area contributed by atoms with Crippen molar-refractivity contribution in [1.29, 1.82) is 5.41 Å². The lowest BCUT2D eigenvalue weighted by Gasteiger charge is -2.10. The summed E-state index contributed by atoms with van der Waals surface area (Å²) in [5.74, 6) is -0.340. The lowest BCUT2D eigenvalue weighted by Crippen LogP contribution is -2.14. The molecule has 0 heterocycles. The van der Waals surface area contributed by atoms with Crippen LogP contribution in [0.4, 0.5) is 4.39 Å². The summed E-state index contributed by atoms with van der Waals surface area (Å²) in [7, 11) is 0. The molecular weight excluding hydrogens is 255 g/mol. The monoisotopic (exact) mass is 264 g/mol. The number of hydrogen-bond donors (Lipinski definition) is 2. The van der Waals surface area contributed by atoms with E-state index in [1.807, 2.05) is 0 Å². The third-order valence-corrected chi connectivity index (χ3v) is 2.50. The maximum absolute atomic E-state index is 13.6. The predicted molar refractivity (Wildman–Crippen MR) is 68.9 cm³/mol. The number of nitrogens with one attached hydrogen (secondary N) is 1. The number of benzene rings is 2. The molecule has 0 saturated heterocycles. The van der Waals surface area contributed by atoms with Crippen LogP contribution in [-0.2, 0) is 0 Å². The summed E-state index contributed by atoms with van der Waals surface area (Å²) in [6.07, 6.45) is 0. The lowest BCUT2D eigenvalue weighted by atomic mass is 10.1. The van der Waals surface area contributed by atoms with Gasteiger partial charge in [-0.15, -0.1) is 0 Å². The van der Waals surface area contributed by atoms with Crippen LogP contribution in [-0.4, -0.2) is 5.84 Å². The fraction of sp³-hybridized carbons (Fsp3) is 0. The van der Waals surface area contributed by atoms with Crippen LogP contribution in [0.15, 0.2) is 42.5 Å². The Labute approximate surface area is 108 Å². The number of ether oxygens (including phenoxy) is 1. The Balaban J connectivity index is 2.40. The second kappa shape index (κ2) is 5.06. The predicted octanol–water partition coefficient (Wildman–Crippen LogP) is 3.56. The summed E-state index contributed by atoms with van der Waals surface area (Å²) in [6.45, 7) is 0. The fourth-order valence-corrected chi connectivity index (χ4v) is 1.69. The highest BCUT2D eigenvalue weighted by Crippen LogP contribution is 2.28. The van der Waals surface area contributed by atoms with Gasteiger partial charge < -0.3 is 10.5 Å². The van der Waals surface area contributed by atoms with Crippen LogP contribution in [0.25, 0.3) is 0 Å². The molecule has 3 N–H and O–H groups in total. The lowest BCUT2D eigenvalue weighted by molar-refractivity contribution is 0.475. The van der Waals surface area contributed by atoms with Gasteiger partial charge in [0, 0.05) is 5.02 Å². The van der Waals surface area contributed by atoms with E-state index in [1.165, 1.54) is 12.1 Å². The highest BCUT2D eigenvalue weighted by Gasteiger charge is 2.13. The maximum atomic E-state index is 13.6. The number of halogens is 2. The van der Waals surface area contributed by atoms with Gasteiger partial charge >= 0.3 is 0 Å². The summed E-state index contributed by atoms with van der Waals surface area (Å²) in [5.41, 5.74) is 5.28. The first kappa shape index (κ1) is 12.4. The van der Waals surface area contributed by atoms with Gasteiger partial charge in [0.2, 0.25) is 0 Å². The Morgan fingerprint density at radius 2 is 1.94 bits per heavy atom. The minimum Gasteiger partial charge on any atom is -0.456 e. The van der Waals surface area contributed by atoms with Gasteiger partial charge in [0.15, 0.2) is 0 Å². The molecule has 18 heavy (non-hydrogen) atoms. The molecule has 2 aromatic rings. The van der Waals surface area contributed by atoms with Crippen molar-refractivity contribution < 1.29 is 9.13 Å². The molecule has 3 nitrogen and oxygen atoms in total. The highest BCUT2D eigenvalue weighted by atomic mass is 35.5. The molecule has 0 atom stereocenters. The minimum absolute atomic E-state index is 0.0579. The molecule has 0 unspecified atom stereocenters. The van der Waals surface area contributed by atoms with Crippen molar-refractivity contribution in [1.82, 2.24) is 0 Å². The average Bonchev–Trinajstić information content (AvgIpc) is 2.28. The molecule has 0 saturated carbocycles. The Hall–Kier alpha value is -2.07. The molecule has 0 bridgehead atoms. The Morgan fingerprint density at radius 1 is 1.22 bits per heavy atom. The zero-order chi connectivity index (χ0) is 13.1. The first-order valence-electron chi connectivity index (χ1n) is 5.14. The molecule has 5 heteroatoms.